The van der Waals surface area contributed by atoms with Gasteiger partial charge in [-0.25, -0.2) is 4.79 Å². The smallest absolute Gasteiger partial charge is 0.344 e. The molecule has 4 aromatic rings. The van der Waals surface area contributed by atoms with Crippen LogP contribution in [0.4, 0.5) is 0 Å². The zero-order chi connectivity index (χ0) is 24.0. The van der Waals surface area contributed by atoms with Crippen LogP contribution in [0.2, 0.25) is 0 Å². The molecule has 0 amide bonds. The van der Waals surface area contributed by atoms with Crippen LogP contribution >= 0.6 is 0 Å². The van der Waals surface area contributed by atoms with Crippen molar-refractivity contribution in [2.75, 3.05) is 33.5 Å². The number of methoxy groups -OCH3 is 1. The fourth-order valence-corrected chi connectivity index (χ4v) is 3.89. The number of hydrogen-bond donors (Lipinski definition) is 0. The van der Waals surface area contributed by atoms with Crippen LogP contribution in [-0.4, -0.2) is 33.5 Å². The minimum Gasteiger partial charge on any atom is -0.497 e. The predicted molar refractivity (Wildman–Crippen MR) is 132 cm³/mol. The van der Waals surface area contributed by atoms with Gasteiger partial charge < -0.3 is 28.1 Å². The van der Waals surface area contributed by atoms with Gasteiger partial charge in [0.25, 0.3) is 0 Å². The summed E-state index contributed by atoms with van der Waals surface area (Å²) in [5.41, 5.74) is 1.12. The molecular weight excluding hydrogens is 448 g/mol. The van der Waals surface area contributed by atoms with Crippen LogP contribution in [0.3, 0.4) is 0 Å². The largest absolute Gasteiger partial charge is 0.497 e. The van der Waals surface area contributed by atoms with E-state index in [1.807, 2.05) is 66.7 Å². The van der Waals surface area contributed by atoms with Gasteiger partial charge in [-0.05, 0) is 48.0 Å². The SMILES string of the molecule is COc1ccc(-c2cc3ccc4c(c3oc2=O)OCCCOc2ccccc2OCCCO4)cc1. The first-order chi connectivity index (χ1) is 17.2. The molecule has 0 saturated carbocycles. The average molecular weight is 475 g/mol. The molecule has 3 aromatic carbocycles. The maximum atomic E-state index is 12.9. The van der Waals surface area contributed by atoms with E-state index in [1.165, 1.54) is 0 Å². The second kappa shape index (κ2) is 10.4. The minimum absolute atomic E-state index is 0.361. The Kier molecular flexibility index (Phi) is 6.75. The lowest BCUT2D eigenvalue weighted by Crippen LogP contribution is -2.11. The number of hydrogen-bond acceptors (Lipinski definition) is 7. The van der Waals surface area contributed by atoms with Crippen molar-refractivity contribution in [2.45, 2.75) is 12.8 Å². The summed E-state index contributed by atoms with van der Waals surface area (Å²) < 4.78 is 34.8. The minimum atomic E-state index is -0.451. The predicted octanol–water partition coefficient (Wildman–Crippen LogP) is 5.48. The van der Waals surface area contributed by atoms with Crippen molar-refractivity contribution in [3.8, 4) is 39.9 Å². The maximum absolute atomic E-state index is 12.9. The molecule has 1 aliphatic heterocycles. The first-order valence-electron chi connectivity index (χ1n) is 11.6. The summed E-state index contributed by atoms with van der Waals surface area (Å²) in [7, 11) is 1.60. The number of benzene rings is 3. The van der Waals surface area contributed by atoms with Crippen molar-refractivity contribution in [3.05, 3.63) is 77.2 Å². The molecule has 0 spiro atoms. The molecule has 0 atom stereocenters. The van der Waals surface area contributed by atoms with E-state index in [0.29, 0.717) is 79.2 Å². The van der Waals surface area contributed by atoms with Crippen molar-refractivity contribution in [2.24, 2.45) is 0 Å². The molecule has 0 N–H and O–H groups in total. The first kappa shape index (κ1) is 22.7. The van der Waals surface area contributed by atoms with E-state index in [2.05, 4.69) is 0 Å². The summed E-state index contributed by atoms with van der Waals surface area (Å²) in [5, 5.41) is 0.743. The molecule has 1 aliphatic rings. The quantitative estimate of drug-likeness (QED) is 0.356. The number of para-hydroxylation sites is 2. The normalized spacial score (nSPS) is 14.2. The monoisotopic (exact) mass is 474 g/mol. The van der Waals surface area contributed by atoms with Gasteiger partial charge >= 0.3 is 5.63 Å². The van der Waals surface area contributed by atoms with Crippen molar-refractivity contribution in [1.82, 2.24) is 0 Å². The molecule has 7 nitrogen and oxygen atoms in total. The van der Waals surface area contributed by atoms with E-state index < -0.39 is 5.63 Å². The Hall–Kier alpha value is -4.13. The highest BCUT2D eigenvalue weighted by Gasteiger charge is 2.17. The van der Waals surface area contributed by atoms with Crippen molar-refractivity contribution < 1.29 is 28.1 Å². The molecule has 0 aliphatic carbocycles. The standard InChI is InChI=1S/C28H26O7/c1-30-21-11-8-19(9-12-21)22-18-20-10-13-25-27(26(20)35-28(22)29)34-17-5-15-32-24-7-3-2-6-23(24)31-14-4-16-33-25/h2-3,6-13,18H,4-5,14-17H2,1H3. The lowest BCUT2D eigenvalue weighted by Gasteiger charge is -2.17. The molecule has 0 unspecified atom stereocenters. The Balaban J connectivity index is 1.43. The van der Waals surface area contributed by atoms with Gasteiger partial charge in [0.05, 0.1) is 39.1 Å². The molecule has 0 bridgehead atoms. The summed E-state index contributed by atoms with van der Waals surface area (Å²) in [6.45, 7) is 1.71. The summed E-state index contributed by atoms with van der Waals surface area (Å²) in [5.74, 6) is 3.07. The van der Waals surface area contributed by atoms with Gasteiger partial charge in [0.1, 0.15) is 5.75 Å². The third-order valence-electron chi connectivity index (χ3n) is 5.67. The molecular formula is C28H26O7. The van der Waals surface area contributed by atoms with E-state index in [4.69, 9.17) is 28.1 Å². The van der Waals surface area contributed by atoms with E-state index in [-0.39, 0.29) is 0 Å². The zero-order valence-corrected chi connectivity index (χ0v) is 19.5. The van der Waals surface area contributed by atoms with Gasteiger partial charge in [0, 0.05) is 18.2 Å². The third kappa shape index (κ3) is 5.04. The topological polar surface area (TPSA) is 76.4 Å². The fraction of sp³-hybridized carbons (Fsp3) is 0.250. The highest BCUT2D eigenvalue weighted by atomic mass is 16.5. The van der Waals surface area contributed by atoms with Gasteiger partial charge in [-0.3, -0.25) is 0 Å². The Morgan fingerprint density at radius 3 is 2.00 bits per heavy atom. The molecule has 0 radical (unpaired) electrons. The highest BCUT2D eigenvalue weighted by Crippen LogP contribution is 2.37. The molecule has 35 heavy (non-hydrogen) atoms. The maximum Gasteiger partial charge on any atom is 0.344 e. The summed E-state index contributed by atoms with van der Waals surface area (Å²) >= 11 is 0. The summed E-state index contributed by atoms with van der Waals surface area (Å²) in [4.78, 5) is 12.9. The molecule has 2 heterocycles. The van der Waals surface area contributed by atoms with Gasteiger partial charge in [-0.2, -0.15) is 0 Å². The van der Waals surface area contributed by atoms with Crippen LogP contribution in [0.25, 0.3) is 22.1 Å². The second-order valence-corrected chi connectivity index (χ2v) is 8.03. The summed E-state index contributed by atoms with van der Waals surface area (Å²) in [6, 6.07) is 20.4. The fourth-order valence-electron chi connectivity index (χ4n) is 3.89. The first-order valence-corrected chi connectivity index (χ1v) is 11.6. The Morgan fingerprint density at radius 2 is 1.34 bits per heavy atom. The Labute approximate surface area is 202 Å². The summed E-state index contributed by atoms with van der Waals surface area (Å²) in [6.07, 6.45) is 1.28. The number of ether oxygens (including phenoxy) is 5. The zero-order valence-electron chi connectivity index (χ0n) is 19.5. The molecule has 0 saturated heterocycles. The average Bonchev–Trinajstić information content (AvgIpc) is 2.89. The van der Waals surface area contributed by atoms with Crippen molar-refractivity contribution >= 4 is 11.0 Å². The van der Waals surface area contributed by atoms with Crippen LogP contribution < -0.4 is 29.3 Å². The van der Waals surface area contributed by atoms with Crippen LogP contribution in [0, 0.1) is 0 Å². The number of fused-ring (bicyclic) bond motifs is 4. The van der Waals surface area contributed by atoms with Gasteiger partial charge in [-0.15, -0.1) is 0 Å². The van der Waals surface area contributed by atoms with Gasteiger partial charge in [-0.1, -0.05) is 24.3 Å². The Bertz CT molecular complexity index is 1360. The highest BCUT2D eigenvalue weighted by molar-refractivity contribution is 5.88. The van der Waals surface area contributed by atoms with E-state index in [0.717, 1.165) is 10.9 Å². The van der Waals surface area contributed by atoms with Gasteiger partial charge in [0.2, 0.25) is 5.75 Å². The number of rotatable bonds is 2. The Morgan fingerprint density at radius 1 is 0.714 bits per heavy atom. The van der Waals surface area contributed by atoms with Crippen molar-refractivity contribution in [1.29, 1.82) is 0 Å². The van der Waals surface area contributed by atoms with E-state index in [9.17, 15) is 4.79 Å². The molecule has 180 valence electrons. The second-order valence-electron chi connectivity index (χ2n) is 8.03. The molecule has 7 heteroatoms. The van der Waals surface area contributed by atoms with Crippen LogP contribution in [0.5, 0.6) is 28.7 Å². The molecule has 1 aromatic heterocycles. The molecule has 5 rings (SSSR count). The molecule has 0 fully saturated rings. The van der Waals surface area contributed by atoms with Gasteiger partial charge in [0.15, 0.2) is 22.8 Å². The van der Waals surface area contributed by atoms with Crippen LogP contribution in [0.1, 0.15) is 12.8 Å². The van der Waals surface area contributed by atoms with Crippen LogP contribution in [-0.2, 0) is 0 Å². The lowest BCUT2D eigenvalue weighted by atomic mass is 10.1. The van der Waals surface area contributed by atoms with Crippen molar-refractivity contribution in [3.63, 3.8) is 0 Å². The van der Waals surface area contributed by atoms with E-state index in [1.54, 1.807) is 7.11 Å². The lowest BCUT2D eigenvalue weighted by molar-refractivity contribution is 0.203. The van der Waals surface area contributed by atoms with E-state index >= 15 is 0 Å². The van der Waals surface area contributed by atoms with Crippen LogP contribution in [0.15, 0.2) is 75.9 Å². The third-order valence-corrected chi connectivity index (χ3v) is 5.67.